The van der Waals surface area contributed by atoms with Crippen molar-refractivity contribution in [3.8, 4) is 5.75 Å². The summed E-state index contributed by atoms with van der Waals surface area (Å²) in [6.45, 7) is 0.525. The highest BCUT2D eigenvalue weighted by molar-refractivity contribution is 7.92. The number of rotatable bonds is 9. The third-order valence-electron chi connectivity index (χ3n) is 5.00. The fourth-order valence-corrected chi connectivity index (χ4v) is 4.33. The van der Waals surface area contributed by atoms with E-state index in [1.54, 1.807) is 18.3 Å². The monoisotopic (exact) mass is 491 g/mol. The van der Waals surface area contributed by atoms with Crippen molar-refractivity contribution in [2.75, 3.05) is 4.72 Å². The summed E-state index contributed by atoms with van der Waals surface area (Å²) >= 11 is 0. The van der Waals surface area contributed by atoms with Gasteiger partial charge in [-0.15, -0.1) is 0 Å². The van der Waals surface area contributed by atoms with E-state index in [9.17, 15) is 17.6 Å². The number of halogens is 1. The fraction of sp³-hybridized carbons (Fsp3) is 0.0769. The minimum absolute atomic E-state index is 0.113. The van der Waals surface area contributed by atoms with E-state index in [4.69, 9.17) is 4.74 Å². The van der Waals surface area contributed by atoms with Crippen LogP contribution in [0.15, 0.2) is 102 Å². The van der Waals surface area contributed by atoms with E-state index in [0.29, 0.717) is 12.4 Å². The molecular weight excluding hydrogens is 469 g/mol. The molecule has 0 bridgehead atoms. The van der Waals surface area contributed by atoms with Crippen molar-refractivity contribution in [3.63, 3.8) is 0 Å². The standard InChI is InChI=1S/C26H22FN3O4S/c27-20-11-13-23(14-12-20)35(32,33)30-25-10-2-1-9-24(25)26(31)29-17-19-6-5-8-22(16-19)34-18-21-7-3-4-15-28-21/h1-16,30H,17-18H2,(H,29,31). The lowest BCUT2D eigenvalue weighted by molar-refractivity contribution is 0.0951. The molecule has 1 aromatic heterocycles. The van der Waals surface area contributed by atoms with Crippen molar-refractivity contribution < 1.29 is 22.3 Å². The van der Waals surface area contributed by atoms with Crippen LogP contribution in [0.2, 0.25) is 0 Å². The van der Waals surface area contributed by atoms with Gasteiger partial charge in [-0.25, -0.2) is 12.8 Å². The molecule has 7 nitrogen and oxygen atoms in total. The van der Waals surface area contributed by atoms with Gasteiger partial charge >= 0.3 is 0 Å². The van der Waals surface area contributed by atoms with Gasteiger partial charge in [0.25, 0.3) is 15.9 Å². The first-order chi connectivity index (χ1) is 16.9. The highest BCUT2D eigenvalue weighted by atomic mass is 32.2. The summed E-state index contributed by atoms with van der Waals surface area (Å²) in [6, 6.07) is 23.6. The van der Waals surface area contributed by atoms with Crippen molar-refractivity contribution in [1.82, 2.24) is 10.3 Å². The summed E-state index contributed by atoms with van der Waals surface area (Å²) in [6.07, 6.45) is 1.70. The number of nitrogens with one attached hydrogen (secondary N) is 2. The molecule has 1 amide bonds. The molecule has 35 heavy (non-hydrogen) atoms. The van der Waals surface area contributed by atoms with Gasteiger partial charge in [0.1, 0.15) is 18.2 Å². The van der Waals surface area contributed by atoms with Gasteiger partial charge < -0.3 is 10.1 Å². The minimum Gasteiger partial charge on any atom is -0.487 e. The molecule has 0 aliphatic heterocycles. The second-order valence-corrected chi connectivity index (χ2v) is 9.23. The Labute approximate surface area is 202 Å². The van der Waals surface area contributed by atoms with E-state index in [2.05, 4.69) is 15.0 Å². The molecule has 0 unspecified atom stereocenters. The highest BCUT2D eigenvalue weighted by Crippen LogP contribution is 2.21. The zero-order valence-electron chi connectivity index (χ0n) is 18.5. The number of ether oxygens (including phenoxy) is 1. The van der Waals surface area contributed by atoms with Crippen molar-refractivity contribution >= 4 is 21.6 Å². The molecule has 4 aromatic rings. The van der Waals surface area contributed by atoms with E-state index in [-0.39, 0.29) is 22.7 Å². The first kappa shape index (κ1) is 23.9. The van der Waals surface area contributed by atoms with Crippen LogP contribution in [-0.2, 0) is 23.2 Å². The van der Waals surface area contributed by atoms with Crippen molar-refractivity contribution in [3.05, 3.63) is 120 Å². The second-order valence-electron chi connectivity index (χ2n) is 7.54. The summed E-state index contributed by atoms with van der Waals surface area (Å²) in [7, 11) is -4.01. The maximum absolute atomic E-state index is 13.2. The van der Waals surface area contributed by atoms with Crippen LogP contribution in [0.5, 0.6) is 5.75 Å². The lowest BCUT2D eigenvalue weighted by atomic mass is 10.1. The predicted octanol–water partition coefficient (Wildman–Crippen LogP) is 4.53. The van der Waals surface area contributed by atoms with Crippen LogP contribution in [0, 0.1) is 5.82 Å². The number of aromatic nitrogens is 1. The van der Waals surface area contributed by atoms with Crippen molar-refractivity contribution in [2.45, 2.75) is 18.0 Å². The molecule has 0 fully saturated rings. The molecular formula is C26H22FN3O4S. The van der Waals surface area contributed by atoms with Gasteiger partial charge in [-0.1, -0.05) is 30.3 Å². The maximum Gasteiger partial charge on any atom is 0.261 e. The SMILES string of the molecule is O=C(NCc1cccc(OCc2ccccn2)c1)c1ccccc1NS(=O)(=O)c1ccc(F)cc1. The Bertz CT molecular complexity index is 1410. The molecule has 1 heterocycles. The molecule has 4 rings (SSSR count). The van der Waals surface area contributed by atoms with Crippen LogP contribution in [0.3, 0.4) is 0 Å². The van der Waals surface area contributed by atoms with Crippen molar-refractivity contribution in [2.24, 2.45) is 0 Å². The lowest BCUT2D eigenvalue weighted by Gasteiger charge is -2.13. The van der Waals surface area contributed by atoms with Gasteiger partial charge in [0.15, 0.2) is 0 Å². The number of amides is 1. The number of carbonyl (C=O) groups is 1. The van der Waals surface area contributed by atoms with E-state index in [0.717, 1.165) is 35.5 Å². The Balaban J connectivity index is 1.41. The van der Waals surface area contributed by atoms with Crippen LogP contribution in [0.1, 0.15) is 21.6 Å². The van der Waals surface area contributed by atoms with Crippen LogP contribution in [-0.4, -0.2) is 19.3 Å². The molecule has 3 aromatic carbocycles. The van der Waals surface area contributed by atoms with E-state index < -0.39 is 21.7 Å². The Morgan fingerprint density at radius 3 is 2.46 bits per heavy atom. The first-order valence-corrected chi connectivity index (χ1v) is 12.2. The Morgan fingerprint density at radius 1 is 0.914 bits per heavy atom. The summed E-state index contributed by atoms with van der Waals surface area (Å²) in [4.78, 5) is 17.0. The van der Waals surface area contributed by atoms with Crippen LogP contribution >= 0.6 is 0 Å². The van der Waals surface area contributed by atoms with Crippen LogP contribution in [0.4, 0.5) is 10.1 Å². The number of benzene rings is 3. The fourth-order valence-electron chi connectivity index (χ4n) is 3.25. The van der Waals surface area contributed by atoms with E-state index in [1.165, 1.54) is 12.1 Å². The third kappa shape index (κ3) is 6.42. The number of para-hydroxylation sites is 1. The van der Waals surface area contributed by atoms with Gasteiger partial charge in [-0.2, -0.15) is 0 Å². The largest absolute Gasteiger partial charge is 0.487 e. The predicted molar refractivity (Wildman–Crippen MR) is 130 cm³/mol. The lowest BCUT2D eigenvalue weighted by Crippen LogP contribution is -2.25. The average Bonchev–Trinajstić information content (AvgIpc) is 2.87. The number of hydrogen-bond donors (Lipinski definition) is 2. The van der Waals surface area contributed by atoms with Gasteiger partial charge in [-0.05, 0) is 66.2 Å². The molecule has 0 aliphatic rings. The van der Waals surface area contributed by atoms with Gasteiger partial charge in [0.05, 0.1) is 21.8 Å². The summed E-state index contributed by atoms with van der Waals surface area (Å²) < 4.78 is 46.7. The number of nitrogens with zero attached hydrogens (tertiary/aromatic N) is 1. The first-order valence-electron chi connectivity index (χ1n) is 10.7. The second kappa shape index (κ2) is 10.8. The topological polar surface area (TPSA) is 97.4 Å². The van der Waals surface area contributed by atoms with Crippen LogP contribution < -0.4 is 14.8 Å². The number of pyridine rings is 1. The smallest absolute Gasteiger partial charge is 0.261 e. The highest BCUT2D eigenvalue weighted by Gasteiger charge is 2.18. The normalized spacial score (nSPS) is 11.0. The zero-order valence-corrected chi connectivity index (χ0v) is 19.3. The van der Waals surface area contributed by atoms with Crippen molar-refractivity contribution in [1.29, 1.82) is 0 Å². The minimum atomic E-state index is -4.01. The van der Waals surface area contributed by atoms with Gasteiger partial charge in [0, 0.05) is 12.7 Å². The van der Waals surface area contributed by atoms with E-state index in [1.807, 2.05) is 42.5 Å². The Hall–Kier alpha value is -4.24. The molecule has 178 valence electrons. The van der Waals surface area contributed by atoms with Gasteiger partial charge in [-0.3, -0.25) is 14.5 Å². The summed E-state index contributed by atoms with van der Waals surface area (Å²) in [5.74, 6) is -0.369. The quantitative estimate of drug-likeness (QED) is 0.359. The van der Waals surface area contributed by atoms with Gasteiger partial charge in [0.2, 0.25) is 0 Å². The molecule has 0 saturated heterocycles. The summed E-state index contributed by atoms with van der Waals surface area (Å²) in [5, 5.41) is 2.80. The Morgan fingerprint density at radius 2 is 1.69 bits per heavy atom. The molecule has 0 aliphatic carbocycles. The zero-order chi connectivity index (χ0) is 24.7. The maximum atomic E-state index is 13.2. The average molecular weight is 492 g/mol. The van der Waals surface area contributed by atoms with E-state index >= 15 is 0 Å². The molecule has 9 heteroatoms. The number of hydrogen-bond acceptors (Lipinski definition) is 5. The molecule has 0 atom stereocenters. The third-order valence-corrected chi connectivity index (χ3v) is 6.39. The number of sulfonamides is 1. The molecule has 0 spiro atoms. The molecule has 2 N–H and O–H groups in total. The number of anilines is 1. The molecule has 0 saturated carbocycles. The van der Waals surface area contributed by atoms with Crippen LogP contribution in [0.25, 0.3) is 0 Å². The summed E-state index contributed by atoms with van der Waals surface area (Å²) in [5.41, 5.74) is 1.87. The molecule has 0 radical (unpaired) electrons. The number of carbonyl (C=O) groups excluding carboxylic acids is 1. The Kier molecular flexibility index (Phi) is 7.37.